The molecule has 1 aliphatic rings. The van der Waals surface area contributed by atoms with Gasteiger partial charge in [0.15, 0.2) is 0 Å². The molecule has 176 valence electrons. The summed E-state index contributed by atoms with van der Waals surface area (Å²) in [6.07, 6.45) is 3.53. The number of hydrogen-bond donors (Lipinski definition) is 3. The fraction of sp³-hybridized carbons (Fsp3) is 0.409. The number of carbonyl (C=O) groups excluding carboxylic acids is 3. The Bertz CT molecular complexity index is 1060. The van der Waals surface area contributed by atoms with Crippen molar-refractivity contribution >= 4 is 29.5 Å². The van der Waals surface area contributed by atoms with Crippen LogP contribution in [0, 0.1) is 0 Å². The number of rotatable bonds is 2. The molecule has 11 nitrogen and oxygen atoms in total. The molecule has 2 bridgehead atoms. The zero-order valence-electron chi connectivity index (χ0n) is 18.9. The van der Waals surface area contributed by atoms with Crippen LogP contribution in [0.2, 0.25) is 0 Å². The van der Waals surface area contributed by atoms with E-state index in [1.165, 1.54) is 7.11 Å². The van der Waals surface area contributed by atoms with Crippen LogP contribution in [0.15, 0.2) is 34.8 Å². The van der Waals surface area contributed by atoms with E-state index in [1.807, 2.05) is 12.2 Å². The minimum Gasteiger partial charge on any atom is -0.453 e. The molecular weight excluding hydrogens is 430 g/mol. The Balaban J connectivity index is 1.95. The molecule has 0 saturated heterocycles. The van der Waals surface area contributed by atoms with Crippen molar-refractivity contribution in [3.05, 3.63) is 36.2 Å². The highest BCUT2D eigenvalue weighted by Gasteiger charge is 2.25. The van der Waals surface area contributed by atoms with Gasteiger partial charge in [0.05, 0.1) is 18.4 Å². The van der Waals surface area contributed by atoms with Crippen LogP contribution in [0.5, 0.6) is 0 Å². The van der Waals surface area contributed by atoms with E-state index in [0.29, 0.717) is 29.8 Å². The van der Waals surface area contributed by atoms with Crippen LogP contribution in [-0.2, 0) is 14.3 Å². The molecule has 3 N–H and O–H groups in total. The largest absolute Gasteiger partial charge is 0.453 e. The lowest BCUT2D eigenvalue weighted by molar-refractivity contribution is -0.116. The van der Waals surface area contributed by atoms with Crippen LogP contribution < -0.4 is 16.0 Å². The van der Waals surface area contributed by atoms with Gasteiger partial charge in [0.2, 0.25) is 17.7 Å². The molecule has 0 unspecified atom stereocenters. The second-order valence-electron chi connectivity index (χ2n) is 8.32. The quantitative estimate of drug-likeness (QED) is 0.570. The molecule has 1 atom stereocenters. The van der Waals surface area contributed by atoms with Gasteiger partial charge in [-0.3, -0.25) is 10.1 Å². The number of aromatic nitrogens is 2. The average Bonchev–Trinajstić information content (AvgIpc) is 3.21. The zero-order chi connectivity index (χ0) is 24.0. The highest BCUT2D eigenvalue weighted by Crippen LogP contribution is 2.32. The number of nitrogens with one attached hydrogen (secondary N) is 3. The molecule has 2 heterocycles. The number of carbonyl (C=O) groups is 3. The van der Waals surface area contributed by atoms with Gasteiger partial charge in [0.25, 0.3) is 0 Å². The smallest absolute Gasteiger partial charge is 0.411 e. The van der Waals surface area contributed by atoms with E-state index >= 15 is 0 Å². The summed E-state index contributed by atoms with van der Waals surface area (Å²) in [5, 5.41) is 16.3. The topological polar surface area (TPSA) is 145 Å². The first-order chi connectivity index (χ1) is 15.6. The molecule has 0 saturated carbocycles. The monoisotopic (exact) mass is 457 g/mol. The second kappa shape index (κ2) is 10.2. The molecule has 33 heavy (non-hydrogen) atoms. The van der Waals surface area contributed by atoms with E-state index in [0.717, 1.165) is 0 Å². The predicted molar refractivity (Wildman–Crippen MR) is 119 cm³/mol. The Morgan fingerprint density at radius 1 is 1.18 bits per heavy atom. The zero-order valence-corrected chi connectivity index (χ0v) is 18.9. The normalized spacial score (nSPS) is 16.2. The van der Waals surface area contributed by atoms with Gasteiger partial charge in [-0.2, -0.15) is 0 Å². The van der Waals surface area contributed by atoms with Crippen molar-refractivity contribution in [1.82, 2.24) is 15.5 Å². The minimum atomic E-state index is -0.663. The van der Waals surface area contributed by atoms with Crippen molar-refractivity contribution < 1.29 is 28.3 Å². The fourth-order valence-corrected chi connectivity index (χ4v) is 3.01. The summed E-state index contributed by atoms with van der Waals surface area (Å²) in [6, 6.07) is 4.19. The van der Waals surface area contributed by atoms with Crippen molar-refractivity contribution in [2.75, 3.05) is 17.7 Å². The van der Waals surface area contributed by atoms with Crippen LogP contribution in [0.3, 0.4) is 0 Å². The molecule has 1 aliphatic heterocycles. The van der Waals surface area contributed by atoms with Crippen molar-refractivity contribution in [3.8, 4) is 11.5 Å². The first-order valence-electron chi connectivity index (χ1n) is 10.4. The maximum Gasteiger partial charge on any atom is 0.411 e. The third kappa shape index (κ3) is 6.79. The Morgan fingerprint density at radius 3 is 2.70 bits per heavy atom. The lowest BCUT2D eigenvalue weighted by Gasteiger charge is -2.21. The van der Waals surface area contributed by atoms with E-state index in [4.69, 9.17) is 9.15 Å². The summed E-state index contributed by atoms with van der Waals surface area (Å²) in [7, 11) is 1.25. The van der Waals surface area contributed by atoms with Crippen LogP contribution in [-0.4, -0.2) is 41.0 Å². The molecule has 0 radical (unpaired) electrons. The molecule has 11 heteroatoms. The van der Waals surface area contributed by atoms with Crippen molar-refractivity contribution in [1.29, 1.82) is 0 Å². The van der Waals surface area contributed by atoms with Gasteiger partial charge < -0.3 is 24.5 Å². The summed E-state index contributed by atoms with van der Waals surface area (Å²) in [4.78, 5) is 36.3. The average molecular weight is 457 g/mol. The molecule has 0 fully saturated rings. The SMILES string of the molecule is COC(=O)Nc1ccc2c(c1)NC(=O)CCC=CC[C@H](NC(=O)OC(C)(C)C)c1nnc-2o1. The maximum atomic E-state index is 12.4. The second-order valence-corrected chi connectivity index (χ2v) is 8.32. The Kier molecular flexibility index (Phi) is 7.31. The first kappa shape index (κ1) is 23.8. The number of alkyl carbamates (subject to hydrolysis) is 1. The lowest BCUT2D eigenvalue weighted by Crippen LogP contribution is -2.35. The Labute approximate surface area is 190 Å². The molecule has 0 spiro atoms. The number of allylic oxidation sites excluding steroid dienone is 1. The number of amides is 3. The fourth-order valence-electron chi connectivity index (χ4n) is 3.01. The molecular formula is C22H27N5O6. The molecule has 0 aliphatic carbocycles. The minimum absolute atomic E-state index is 0.143. The third-order valence-electron chi connectivity index (χ3n) is 4.46. The standard InChI is InChI=1S/C22H27N5O6/c1-22(2,3)33-21(30)25-15-8-6-5-7-9-17(28)24-16-12-13(23-20(29)31-4)10-11-14(16)18-26-27-19(15)32-18/h5-6,10-12,15H,7-9H2,1-4H3,(H,23,29)(H,24,28)(H,25,30)/t15-/m0/s1. The van der Waals surface area contributed by atoms with Gasteiger partial charge >= 0.3 is 12.2 Å². The van der Waals surface area contributed by atoms with E-state index in [9.17, 15) is 14.4 Å². The summed E-state index contributed by atoms with van der Waals surface area (Å²) in [5.74, 6) is 0.108. The van der Waals surface area contributed by atoms with Crippen molar-refractivity contribution in [2.45, 2.75) is 51.7 Å². The predicted octanol–water partition coefficient (Wildman–Crippen LogP) is 4.16. The first-order valence-corrected chi connectivity index (χ1v) is 10.4. The number of benzene rings is 1. The van der Waals surface area contributed by atoms with E-state index in [1.54, 1.807) is 39.0 Å². The van der Waals surface area contributed by atoms with Gasteiger partial charge in [0.1, 0.15) is 11.6 Å². The Morgan fingerprint density at radius 2 is 1.97 bits per heavy atom. The van der Waals surface area contributed by atoms with Crippen LogP contribution >= 0.6 is 0 Å². The van der Waals surface area contributed by atoms with Crippen LogP contribution in [0.1, 0.15) is 52.0 Å². The summed E-state index contributed by atoms with van der Waals surface area (Å²) < 4.78 is 15.8. The Hall–Kier alpha value is -3.89. The lowest BCUT2D eigenvalue weighted by atomic mass is 10.1. The van der Waals surface area contributed by atoms with Gasteiger partial charge in [-0.1, -0.05) is 12.2 Å². The molecule has 3 rings (SSSR count). The van der Waals surface area contributed by atoms with Crippen molar-refractivity contribution in [2.24, 2.45) is 0 Å². The van der Waals surface area contributed by atoms with Gasteiger partial charge in [-0.25, -0.2) is 9.59 Å². The summed E-state index contributed by atoms with van der Waals surface area (Å²) in [6.45, 7) is 5.31. The molecule has 3 amide bonds. The molecule has 1 aromatic heterocycles. The van der Waals surface area contributed by atoms with Gasteiger partial charge in [-0.15, -0.1) is 10.2 Å². The highest BCUT2D eigenvalue weighted by atomic mass is 16.6. The van der Waals surface area contributed by atoms with E-state index < -0.39 is 23.8 Å². The number of nitrogens with zero attached hydrogens (tertiary/aromatic N) is 2. The third-order valence-corrected chi connectivity index (χ3v) is 4.46. The van der Waals surface area contributed by atoms with Crippen LogP contribution in [0.25, 0.3) is 11.5 Å². The number of fused-ring (bicyclic) bond motifs is 4. The number of ether oxygens (including phenoxy) is 2. The maximum absolute atomic E-state index is 12.4. The number of methoxy groups -OCH3 is 1. The molecule has 2 aromatic rings. The summed E-state index contributed by atoms with van der Waals surface area (Å²) in [5.41, 5.74) is 0.587. The van der Waals surface area contributed by atoms with Crippen LogP contribution in [0.4, 0.5) is 21.0 Å². The number of anilines is 2. The van der Waals surface area contributed by atoms with Crippen molar-refractivity contribution in [3.63, 3.8) is 0 Å². The van der Waals surface area contributed by atoms with Gasteiger partial charge in [0, 0.05) is 12.1 Å². The molecule has 1 aromatic carbocycles. The van der Waals surface area contributed by atoms with E-state index in [2.05, 4.69) is 30.9 Å². The summed E-state index contributed by atoms with van der Waals surface area (Å²) >= 11 is 0. The highest BCUT2D eigenvalue weighted by molar-refractivity contribution is 5.96. The van der Waals surface area contributed by atoms with E-state index in [-0.39, 0.29) is 24.1 Å². The number of hydrogen-bond acceptors (Lipinski definition) is 8. The van der Waals surface area contributed by atoms with Gasteiger partial charge in [-0.05, 0) is 51.8 Å².